The standard InChI is InChI=1S/C16H18FN3O4S/c1-16(20-25(3,22)23,11-4-6-12(17)7-5-11)15(21)19-13-8-9-14(24-2)18-10-13/h4-10,20H,1-3H3,(H,19,21)/t16-/m1/s1. The van der Waals surface area contributed by atoms with Gasteiger partial charge in [-0.05, 0) is 30.7 Å². The molecule has 0 aliphatic heterocycles. The van der Waals surface area contributed by atoms with E-state index in [2.05, 4.69) is 15.0 Å². The molecular weight excluding hydrogens is 349 g/mol. The summed E-state index contributed by atoms with van der Waals surface area (Å²) in [7, 11) is -2.27. The van der Waals surface area contributed by atoms with E-state index in [1.54, 1.807) is 12.1 Å². The Morgan fingerprint density at radius 2 is 1.84 bits per heavy atom. The van der Waals surface area contributed by atoms with Gasteiger partial charge in [0.1, 0.15) is 11.4 Å². The van der Waals surface area contributed by atoms with Gasteiger partial charge in [-0.1, -0.05) is 12.1 Å². The Morgan fingerprint density at radius 1 is 1.20 bits per heavy atom. The third-order valence-electron chi connectivity index (χ3n) is 3.47. The molecule has 0 fully saturated rings. The van der Waals surface area contributed by atoms with Gasteiger partial charge in [0, 0.05) is 6.07 Å². The Balaban J connectivity index is 2.36. The van der Waals surface area contributed by atoms with E-state index in [9.17, 15) is 17.6 Å². The molecule has 0 aliphatic rings. The topological polar surface area (TPSA) is 97.4 Å². The van der Waals surface area contributed by atoms with E-state index in [-0.39, 0.29) is 0 Å². The Hall–Kier alpha value is -2.52. The quantitative estimate of drug-likeness (QED) is 0.809. The number of aromatic nitrogens is 1. The van der Waals surface area contributed by atoms with Gasteiger partial charge >= 0.3 is 0 Å². The fourth-order valence-corrected chi connectivity index (χ4v) is 3.17. The summed E-state index contributed by atoms with van der Waals surface area (Å²) < 4.78 is 43.9. The van der Waals surface area contributed by atoms with Crippen LogP contribution in [0.5, 0.6) is 5.88 Å². The van der Waals surface area contributed by atoms with Crippen molar-refractivity contribution in [2.75, 3.05) is 18.7 Å². The maximum absolute atomic E-state index is 13.2. The van der Waals surface area contributed by atoms with Crippen LogP contribution in [0.15, 0.2) is 42.6 Å². The molecule has 1 atom stereocenters. The van der Waals surface area contributed by atoms with E-state index >= 15 is 0 Å². The second-order valence-electron chi connectivity index (χ2n) is 5.55. The van der Waals surface area contributed by atoms with Crippen molar-refractivity contribution in [3.05, 3.63) is 54.0 Å². The molecule has 7 nitrogen and oxygen atoms in total. The van der Waals surface area contributed by atoms with E-state index in [0.29, 0.717) is 17.1 Å². The van der Waals surface area contributed by atoms with Crippen LogP contribution in [0.2, 0.25) is 0 Å². The number of hydrogen-bond acceptors (Lipinski definition) is 5. The van der Waals surface area contributed by atoms with Gasteiger partial charge in [-0.25, -0.2) is 17.8 Å². The van der Waals surface area contributed by atoms with Crippen LogP contribution >= 0.6 is 0 Å². The largest absolute Gasteiger partial charge is 0.481 e. The SMILES string of the molecule is COc1ccc(NC(=O)[C@](C)(NS(C)(=O)=O)c2ccc(F)cc2)cn1. The van der Waals surface area contributed by atoms with Crippen molar-refractivity contribution < 1.29 is 22.3 Å². The van der Waals surface area contributed by atoms with Gasteiger partial charge in [0.25, 0.3) is 0 Å². The van der Waals surface area contributed by atoms with E-state index in [4.69, 9.17) is 4.74 Å². The van der Waals surface area contributed by atoms with Crippen LogP contribution in [0.25, 0.3) is 0 Å². The highest BCUT2D eigenvalue weighted by Crippen LogP contribution is 2.24. The molecule has 0 spiro atoms. The lowest BCUT2D eigenvalue weighted by Gasteiger charge is -2.29. The first-order valence-electron chi connectivity index (χ1n) is 7.20. The number of benzene rings is 1. The molecule has 134 valence electrons. The molecule has 0 unspecified atom stereocenters. The summed E-state index contributed by atoms with van der Waals surface area (Å²) in [5, 5.41) is 2.59. The number of hydrogen-bond donors (Lipinski definition) is 2. The minimum atomic E-state index is -3.73. The molecule has 9 heteroatoms. The second kappa shape index (κ2) is 7.16. The first-order chi connectivity index (χ1) is 11.6. The molecule has 2 rings (SSSR count). The summed E-state index contributed by atoms with van der Waals surface area (Å²) in [4.78, 5) is 16.7. The third-order valence-corrected chi connectivity index (χ3v) is 4.25. The molecule has 1 aromatic carbocycles. The number of anilines is 1. The average molecular weight is 367 g/mol. The van der Waals surface area contributed by atoms with Gasteiger partial charge in [-0.2, -0.15) is 4.72 Å². The minimum Gasteiger partial charge on any atom is -0.481 e. The highest BCUT2D eigenvalue weighted by Gasteiger charge is 2.38. The normalized spacial score (nSPS) is 13.8. The number of sulfonamides is 1. The lowest BCUT2D eigenvalue weighted by Crippen LogP contribution is -2.51. The second-order valence-corrected chi connectivity index (χ2v) is 7.30. The Morgan fingerprint density at radius 3 is 2.32 bits per heavy atom. The molecular formula is C16H18FN3O4S. The molecule has 0 saturated carbocycles. The van der Waals surface area contributed by atoms with E-state index < -0.39 is 27.3 Å². The third kappa shape index (κ3) is 4.74. The van der Waals surface area contributed by atoms with Gasteiger partial charge in [0.15, 0.2) is 0 Å². The van der Waals surface area contributed by atoms with Crippen molar-refractivity contribution in [1.82, 2.24) is 9.71 Å². The van der Waals surface area contributed by atoms with Crippen LogP contribution in [0.1, 0.15) is 12.5 Å². The maximum atomic E-state index is 13.2. The first-order valence-corrected chi connectivity index (χ1v) is 9.10. The Kier molecular flexibility index (Phi) is 5.39. The molecule has 0 radical (unpaired) electrons. The summed E-state index contributed by atoms with van der Waals surface area (Å²) >= 11 is 0. The van der Waals surface area contributed by atoms with Gasteiger partial charge in [-0.3, -0.25) is 4.79 Å². The first kappa shape index (κ1) is 18.8. The minimum absolute atomic E-state index is 0.290. The number of amides is 1. The Bertz CT molecular complexity index is 854. The maximum Gasteiger partial charge on any atom is 0.250 e. The molecule has 0 aliphatic carbocycles. The van der Waals surface area contributed by atoms with Crippen molar-refractivity contribution in [2.45, 2.75) is 12.5 Å². The van der Waals surface area contributed by atoms with Crippen LogP contribution in [0, 0.1) is 5.82 Å². The summed E-state index contributed by atoms with van der Waals surface area (Å²) in [6.45, 7) is 1.40. The summed E-state index contributed by atoms with van der Waals surface area (Å²) in [6, 6.07) is 8.11. The Labute approximate surface area is 145 Å². The summed E-state index contributed by atoms with van der Waals surface area (Å²) in [5.41, 5.74) is -0.992. The smallest absolute Gasteiger partial charge is 0.250 e. The number of carbonyl (C=O) groups excluding carboxylic acids is 1. The number of ether oxygens (including phenoxy) is 1. The number of rotatable bonds is 6. The number of methoxy groups -OCH3 is 1. The van der Waals surface area contributed by atoms with Gasteiger partial charge in [-0.15, -0.1) is 0 Å². The lowest BCUT2D eigenvalue weighted by molar-refractivity contribution is -0.121. The van der Waals surface area contributed by atoms with Crippen molar-refractivity contribution in [2.24, 2.45) is 0 Å². The lowest BCUT2D eigenvalue weighted by atomic mass is 9.92. The zero-order chi connectivity index (χ0) is 18.7. The molecule has 25 heavy (non-hydrogen) atoms. The van der Waals surface area contributed by atoms with Crippen molar-refractivity contribution in [3.8, 4) is 5.88 Å². The van der Waals surface area contributed by atoms with E-state index in [1.807, 2.05) is 0 Å². The average Bonchev–Trinajstić information content (AvgIpc) is 2.54. The van der Waals surface area contributed by atoms with E-state index in [0.717, 1.165) is 18.4 Å². The molecule has 2 aromatic rings. The number of nitrogens with zero attached hydrogens (tertiary/aromatic N) is 1. The monoisotopic (exact) mass is 367 g/mol. The van der Waals surface area contributed by atoms with Crippen LogP contribution < -0.4 is 14.8 Å². The molecule has 1 amide bonds. The predicted molar refractivity (Wildman–Crippen MR) is 91.2 cm³/mol. The van der Waals surface area contributed by atoms with Crippen molar-refractivity contribution in [3.63, 3.8) is 0 Å². The highest BCUT2D eigenvalue weighted by atomic mass is 32.2. The number of halogens is 1. The number of carbonyl (C=O) groups is 1. The van der Waals surface area contributed by atoms with Crippen molar-refractivity contribution in [1.29, 1.82) is 0 Å². The zero-order valence-corrected chi connectivity index (χ0v) is 14.7. The molecule has 2 N–H and O–H groups in total. The highest BCUT2D eigenvalue weighted by molar-refractivity contribution is 7.88. The van der Waals surface area contributed by atoms with Gasteiger partial charge in [0.05, 0.1) is 25.2 Å². The number of nitrogens with one attached hydrogen (secondary N) is 2. The summed E-state index contributed by atoms with van der Waals surface area (Å²) in [6.07, 6.45) is 2.32. The summed E-state index contributed by atoms with van der Waals surface area (Å²) in [5.74, 6) is -0.768. The fourth-order valence-electron chi connectivity index (χ4n) is 2.22. The van der Waals surface area contributed by atoms with Crippen molar-refractivity contribution >= 4 is 21.6 Å². The molecule has 1 aromatic heterocycles. The number of pyridine rings is 1. The van der Waals surface area contributed by atoms with Crippen LogP contribution in [-0.4, -0.2) is 32.7 Å². The molecule has 0 saturated heterocycles. The van der Waals surface area contributed by atoms with Gasteiger partial charge in [0.2, 0.25) is 21.8 Å². The fraction of sp³-hybridized carbons (Fsp3) is 0.250. The predicted octanol–water partition coefficient (Wildman–Crippen LogP) is 1.63. The zero-order valence-electron chi connectivity index (χ0n) is 13.9. The molecule has 0 bridgehead atoms. The van der Waals surface area contributed by atoms with Gasteiger partial charge < -0.3 is 10.1 Å². The van der Waals surface area contributed by atoms with Crippen LogP contribution in [-0.2, 0) is 20.4 Å². The molecule has 1 heterocycles. The van der Waals surface area contributed by atoms with Crippen LogP contribution in [0.4, 0.5) is 10.1 Å². The van der Waals surface area contributed by atoms with E-state index in [1.165, 1.54) is 32.4 Å². The van der Waals surface area contributed by atoms with Crippen LogP contribution in [0.3, 0.4) is 0 Å².